The van der Waals surface area contributed by atoms with Gasteiger partial charge in [0.05, 0.1) is 5.75 Å². The van der Waals surface area contributed by atoms with Crippen LogP contribution in [0.5, 0.6) is 5.75 Å². The Morgan fingerprint density at radius 1 is 1.14 bits per heavy atom. The number of rotatable bonds is 7. The minimum absolute atomic E-state index is 0.0643. The molecule has 0 heterocycles. The molecule has 1 N–H and O–H groups in total. The Kier molecular flexibility index (Phi) is 5.51. The van der Waals surface area contributed by atoms with E-state index >= 15 is 0 Å². The van der Waals surface area contributed by atoms with Crippen molar-refractivity contribution in [3.63, 3.8) is 0 Å². The quantitative estimate of drug-likeness (QED) is 0.797. The van der Waals surface area contributed by atoms with Gasteiger partial charge in [0.2, 0.25) is 10.0 Å². The largest absolute Gasteiger partial charge is 0.492 e. The molecule has 2 rings (SSSR count). The van der Waals surface area contributed by atoms with Crippen LogP contribution in [-0.4, -0.2) is 21.6 Å². The van der Waals surface area contributed by atoms with E-state index in [1.165, 1.54) is 24.3 Å². The first kappa shape index (κ1) is 16.5. The summed E-state index contributed by atoms with van der Waals surface area (Å²) >= 11 is 0. The van der Waals surface area contributed by atoms with Crippen LogP contribution in [0, 0.1) is 12.7 Å². The van der Waals surface area contributed by atoms with E-state index in [-0.39, 0.29) is 24.7 Å². The van der Waals surface area contributed by atoms with E-state index in [1.54, 1.807) is 6.07 Å². The third-order valence-electron chi connectivity index (χ3n) is 2.95. The highest BCUT2D eigenvalue weighted by atomic mass is 32.2. The summed E-state index contributed by atoms with van der Waals surface area (Å²) in [5.41, 5.74) is 1.76. The van der Waals surface area contributed by atoms with Crippen LogP contribution in [0.1, 0.15) is 11.1 Å². The fourth-order valence-electron chi connectivity index (χ4n) is 1.97. The van der Waals surface area contributed by atoms with Crippen LogP contribution in [0.4, 0.5) is 4.39 Å². The van der Waals surface area contributed by atoms with Crippen LogP contribution in [-0.2, 0) is 15.8 Å². The van der Waals surface area contributed by atoms with Gasteiger partial charge in [0, 0.05) is 6.54 Å². The lowest BCUT2D eigenvalue weighted by Crippen LogP contribution is -2.29. The van der Waals surface area contributed by atoms with Crippen molar-refractivity contribution < 1.29 is 17.5 Å². The zero-order valence-electron chi connectivity index (χ0n) is 12.3. The summed E-state index contributed by atoms with van der Waals surface area (Å²) in [7, 11) is -3.40. The summed E-state index contributed by atoms with van der Waals surface area (Å²) in [6, 6.07) is 12.9. The summed E-state index contributed by atoms with van der Waals surface area (Å²) in [4.78, 5) is 0. The maximum Gasteiger partial charge on any atom is 0.215 e. The van der Waals surface area contributed by atoms with Gasteiger partial charge in [0.1, 0.15) is 18.2 Å². The van der Waals surface area contributed by atoms with Crippen molar-refractivity contribution in [2.24, 2.45) is 0 Å². The molecular weight excluding hydrogens is 305 g/mol. The Labute approximate surface area is 130 Å². The first-order chi connectivity index (χ1) is 10.4. The molecule has 4 nitrogen and oxygen atoms in total. The third kappa shape index (κ3) is 5.46. The van der Waals surface area contributed by atoms with Gasteiger partial charge in [-0.25, -0.2) is 17.5 Å². The lowest BCUT2D eigenvalue weighted by molar-refractivity contribution is 0.322. The lowest BCUT2D eigenvalue weighted by Gasteiger charge is -2.09. The van der Waals surface area contributed by atoms with Crippen LogP contribution in [0.2, 0.25) is 0 Å². The van der Waals surface area contributed by atoms with Crippen molar-refractivity contribution in [1.82, 2.24) is 4.72 Å². The highest BCUT2D eigenvalue weighted by molar-refractivity contribution is 7.88. The van der Waals surface area contributed by atoms with E-state index in [2.05, 4.69) is 4.72 Å². The zero-order chi connectivity index (χ0) is 16.0. The second-order valence-corrected chi connectivity index (χ2v) is 6.75. The standard InChI is InChI=1S/C16H18FNO3S/c1-13-3-2-4-14(11-13)12-22(19,20)18-9-10-21-16-7-5-15(17)6-8-16/h2-8,11,18H,9-10,12H2,1H3. The predicted molar refractivity (Wildman–Crippen MR) is 83.7 cm³/mol. The minimum atomic E-state index is -3.40. The molecule has 0 saturated carbocycles. The van der Waals surface area contributed by atoms with Gasteiger partial charge in [-0.2, -0.15) is 0 Å². The number of sulfonamides is 1. The van der Waals surface area contributed by atoms with Gasteiger partial charge >= 0.3 is 0 Å². The molecule has 22 heavy (non-hydrogen) atoms. The van der Waals surface area contributed by atoms with Crippen LogP contribution in [0.15, 0.2) is 48.5 Å². The Bertz CT molecular complexity index is 714. The Morgan fingerprint density at radius 2 is 1.86 bits per heavy atom. The summed E-state index contributed by atoms with van der Waals surface area (Å²) in [5, 5.41) is 0. The van der Waals surface area contributed by atoms with E-state index in [4.69, 9.17) is 4.74 Å². The smallest absolute Gasteiger partial charge is 0.215 e. The Balaban J connectivity index is 1.79. The first-order valence-electron chi connectivity index (χ1n) is 6.86. The summed E-state index contributed by atoms with van der Waals surface area (Å²) < 4.78 is 44.4. The molecule has 0 fully saturated rings. The number of benzene rings is 2. The molecule has 0 aliphatic heterocycles. The third-order valence-corrected chi connectivity index (χ3v) is 4.30. The van der Waals surface area contributed by atoms with Crippen LogP contribution >= 0.6 is 0 Å². The van der Waals surface area contributed by atoms with Gasteiger partial charge in [-0.15, -0.1) is 0 Å². The van der Waals surface area contributed by atoms with Crippen molar-refractivity contribution in [3.05, 3.63) is 65.5 Å². The fourth-order valence-corrected chi connectivity index (χ4v) is 3.08. The zero-order valence-corrected chi connectivity index (χ0v) is 13.1. The van der Waals surface area contributed by atoms with E-state index in [0.29, 0.717) is 5.75 Å². The number of nitrogens with one attached hydrogen (secondary N) is 1. The first-order valence-corrected chi connectivity index (χ1v) is 8.51. The van der Waals surface area contributed by atoms with Crippen LogP contribution in [0.3, 0.4) is 0 Å². The molecule has 118 valence electrons. The molecule has 0 atom stereocenters. The van der Waals surface area contributed by atoms with Crippen molar-refractivity contribution >= 4 is 10.0 Å². The number of ether oxygens (including phenoxy) is 1. The van der Waals surface area contributed by atoms with Gasteiger partial charge in [-0.1, -0.05) is 29.8 Å². The monoisotopic (exact) mass is 323 g/mol. The van der Waals surface area contributed by atoms with Gasteiger partial charge in [0.25, 0.3) is 0 Å². The molecule has 0 amide bonds. The molecule has 0 radical (unpaired) electrons. The van der Waals surface area contributed by atoms with Gasteiger partial charge in [-0.3, -0.25) is 0 Å². The van der Waals surface area contributed by atoms with Crippen molar-refractivity contribution in [3.8, 4) is 5.75 Å². The maximum atomic E-state index is 12.7. The molecule has 6 heteroatoms. The second-order valence-electron chi connectivity index (χ2n) is 4.94. The molecule has 0 bridgehead atoms. The average Bonchev–Trinajstić information content (AvgIpc) is 2.45. The van der Waals surface area contributed by atoms with Crippen LogP contribution < -0.4 is 9.46 Å². The van der Waals surface area contributed by atoms with Crippen LogP contribution in [0.25, 0.3) is 0 Å². The van der Waals surface area contributed by atoms with E-state index in [9.17, 15) is 12.8 Å². The molecule has 2 aromatic carbocycles. The molecule has 0 aromatic heterocycles. The highest BCUT2D eigenvalue weighted by Gasteiger charge is 2.11. The van der Waals surface area contributed by atoms with Crippen molar-refractivity contribution in [1.29, 1.82) is 0 Å². The molecule has 0 aliphatic carbocycles. The molecule has 0 spiro atoms. The maximum absolute atomic E-state index is 12.7. The van der Waals surface area contributed by atoms with E-state index in [1.807, 2.05) is 25.1 Å². The molecule has 0 unspecified atom stereocenters. The Morgan fingerprint density at radius 3 is 2.55 bits per heavy atom. The predicted octanol–water partition coefficient (Wildman–Crippen LogP) is 2.63. The molecule has 0 saturated heterocycles. The number of hydrogen-bond donors (Lipinski definition) is 1. The number of halogens is 1. The second kappa shape index (κ2) is 7.38. The number of aryl methyl sites for hydroxylation is 1. The molecular formula is C16H18FNO3S. The van der Waals surface area contributed by atoms with Crippen molar-refractivity contribution in [2.75, 3.05) is 13.2 Å². The topological polar surface area (TPSA) is 55.4 Å². The number of hydrogen-bond acceptors (Lipinski definition) is 3. The van der Waals surface area contributed by atoms with Gasteiger partial charge in [0.15, 0.2) is 0 Å². The normalized spacial score (nSPS) is 11.4. The average molecular weight is 323 g/mol. The highest BCUT2D eigenvalue weighted by Crippen LogP contribution is 2.11. The fraction of sp³-hybridized carbons (Fsp3) is 0.250. The van der Waals surface area contributed by atoms with Crippen molar-refractivity contribution in [2.45, 2.75) is 12.7 Å². The summed E-state index contributed by atoms with van der Waals surface area (Å²) in [5.74, 6) is 0.0936. The SMILES string of the molecule is Cc1cccc(CS(=O)(=O)NCCOc2ccc(F)cc2)c1. The lowest BCUT2D eigenvalue weighted by atomic mass is 10.2. The Hall–Kier alpha value is -1.92. The van der Waals surface area contributed by atoms with Gasteiger partial charge < -0.3 is 4.74 Å². The van der Waals surface area contributed by atoms with E-state index in [0.717, 1.165) is 11.1 Å². The summed E-state index contributed by atoms with van der Waals surface area (Å²) in [6.07, 6.45) is 0. The minimum Gasteiger partial charge on any atom is -0.492 e. The van der Waals surface area contributed by atoms with Gasteiger partial charge in [-0.05, 0) is 36.8 Å². The summed E-state index contributed by atoms with van der Waals surface area (Å²) in [6.45, 7) is 2.25. The molecule has 2 aromatic rings. The molecule has 0 aliphatic rings. The van der Waals surface area contributed by atoms with E-state index < -0.39 is 10.0 Å².